The Bertz CT molecular complexity index is 454. The Labute approximate surface area is 102 Å². The summed E-state index contributed by atoms with van der Waals surface area (Å²) in [5.41, 5.74) is 0.0830. The molecule has 1 aromatic carbocycles. The molecule has 0 aliphatic rings. The minimum atomic E-state index is -1.16. The van der Waals surface area contributed by atoms with Gasteiger partial charge in [-0.05, 0) is 18.2 Å². The predicted molar refractivity (Wildman–Crippen MR) is 61.1 cm³/mol. The largest absolute Gasteiger partial charge is 0.480 e. The summed E-state index contributed by atoms with van der Waals surface area (Å²) in [5, 5.41) is 10.6. The Morgan fingerprint density at radius 1 is 1.47 bits per heavy atom. The van der Waals surface area contributed by atoms with E-state index in [9.17, 15) is 14.0 Å². The first-order chi connectivity index (χ1) is 8.00. The van der Waals surface area contributed by atoms with Gasteiger partial charge >= 0.3 is 5.97 Å². The van der Waals surface area contributed by atoms with E-state index in [1.807, 2.05) is 0 Å². The Balaban J connectivity index is 2.70. The summed E-state index contributed by atoms with van der Waals surface area (Å²) < 4.78 is 13.3. The van der Waals surface area contributed by atoms with Crippen molar-refractivity contribution in [3.63, 3.8) is 0 Å². The number of amides is 1. The SMILES string of the molecule is O=C(O)CNC(=O)/C=C/c1c(F)cccc1Cl. The highest BCUT2D eigenvalue weighted by Gasteiger charge is 2.04. The van der Waals surface area contributed by atoms with Crippen LogP contribution in [0.15, 0.2) is 24.3 Å². The van der Waals surface area contributed by atoms with Crippen molar-refractivity contribution in [2.24, 2.45) is 0 Å². The molecule has 0 aliphatic carbocycles. The molecular formula is C11H9ClFNO3. The molecule has 0 aromatic heterocycles. The van der Waals surface area contributed by atoms with Crippen molar-refractivity contribution in [3.05, 3.63) is 40.7 Å². The van der Waals surface area contributed by atoms with E-state index in [0.29, 0.717) is 0 Å². The molecule has 2 N–H and O–H groups in total. The van der Waals surface area contributed by atoms with Gasteiger partial charge in [0.05, 0.1) is 5.02 Å². The molecule has 17 heavy (non-hydrogen) atoms. The summed E-state index contributed by atoms with van der Waals surface area (Å²) in [5.74, 6) is -2.35. The molecular weight excluding hydrogens is 249 g/mol. The molecule has 0 bridgehead atoms. The Morgan fingerprint density at radius 3 is 2.76 bits per heavy atom. The summed E-state index contributed by atoms with van der Waals surface area (Å²) >= 11 is 5.72. The smallest absolute Gasteiger partial charge is 0.322 e. The van der Waals surface area contributed by atoms with E-state index in [-0.39, 0.29) is 10.6 Å². The highest BCUT2D eigenvalue weighted by molar-refractivity contribution is 6.32. The summed E-state index contributed by atoms with van der Waals surface area (Å²) in [4.78, 5) is 21.3. The number of carbonyl (C=O) groups is 2. The zero-order valence-electron chi connectivity index (χ0n) is 8.61. The standard InChI is InChI=1S/C11H9ClFNO3/c12-8-2-1-3-9(13)7(8)4-5-10(15)14-6-11(16)17/h1-5H,6H2,(H,14,15)(H,16,17)/b5-4+. The number of carboxylic acids is 1. The third-order valence-corrected chi connectivity index (χ3v) is 2.14. The second kappa shape index (κ2) is 6.00. The quantitative estimate of drug-likeness (QED) is 0.807. The van der Waals surface area contributed by atoms with Gasteiger partial charge in [0, 0.05) is 11.6 Å². The number of benzene rings is 1. The van der Waals surface area contributed by atoms with Gasteiger partial charge in [-0.15, -0.1) is 0 Å². The van der Waals surface area contributed by atoms with Gasteiger partial charge in [-0.2, -0.15) is 0 Å². The zero-order chi connectivity index (χ0) is 12.8. The van der Waals surface area contributed by atoms with E-state index in [1.54, 1.807) is 0 Å². The maximum absolute atomic E-state index is 13.3. The first-order valence-corrected chi connectivity index (χ1v) is 5.00. The van der Waals surface area contributed by atoms with Crippen LogP contribution in [-0.4, -0.2) is 23.5 Å². The second-order valence-corrected chi connectivity index (χ2v) is 3.49. The van der Waals surface area contributed by atoms with E-state index in [4.69, 9.17) is 16.7 Å². The lowest BCUT2D eigenvalue weighted by atomic mass is 10.2. The van der Waals surface area contributed by atoms with Crippen molar-refractivity contribution in [1.29, 1.82) is 0 Å². The van der Waals surface area contributed by atoms with Gasteiger partial charge in [0.25, 0.3) is 0 Å². The Hall–Kier alpha value is -1.88. The Kier molecular flexibility index (Phi) is 4.66. The van der Waals surface area contributed by atoms with Crippen LogP contribution in [0.25, 0.3) is 6.08 Å². The van der Waals surface area contributed by atoms with Crippen LogP contribution >= 0.6 is 11.6 Å². The maximum Gasteiger partial charge on any atom is 0.322 e. The molecule has 0 fully saturated rings. The van der Waals surface area contributed by atoms with Gasteiger partial charge < -0.3 is 10.4 Å². The number of hydrogen-bond donors (Lipinski definition) is 2. The minimum absolute atomic E-state index is 0.0830. The summed E-state index contributed by atoms with van der Waals surface area (Å²) in [6.45, 7) is -0.492. The number of halogens is 2. The van der Waals surface area contributed by atoms with E-state index in [2.05, 4.69) is 5.32 Å². The first-order valence-electron chi connectivity index (χ1n) is 4.62. The van der Waals surface area contributed by atoms with E-state index >= 15 is 0 Å². The number of aliphatic carboxylic acids is 1. The predicted octanol–water partition coefficient (Wildman–Crippen LogP) is 1.69. The molecule has 1 amide bonds. The van der Waals surface area contributed by atoms with Crippen molar-refractivity contribution in [1.82, 2.24) is 5.32 Å². The number of carbonyl (C=O) groups excluding carboxylic acids is 1. The minimum Gasteiger partial charge on any atom is -0.480 e. The molecule has 0 saturated heterocycles. The second-order valence-electron chi connectivity index (χ2n) is 3.08. The highest BCUT2D eigenvalue weighted by atomic mass is 35.5. The molecule has 0 aliphatic heterocycles. The average Bonchev–Trinajstić information content (AvgIpc) is 2.25. The van der Waals surface area contributed by atoms with E-state index < -0.39 is 24.2 Å². The normalized spacial score (nSPS) is 10.5. The van der Waals surface area contributed by atoms with Crippen molar-refractivity contribution in [3.8, 4) is 0 Å². The van der Waals surface area contributed by atoms with Gasteiger partial charge in [0.15, 0.2) is 0 Å². The van der Waals surface area contributed by atoms with Gasteiger partial charge in [0.2, 0.25) is 5.91 Å². The van der Waals surface area contributed by atoms with Crippen molar-refractivity contribution in [2.45, 2.75) is 0 Å². The zero-order valence-corrected chi connectivity index (χ0v) is 9.37. The topological polar surface area (TPSA) is 66.4 Å². The lowest BCUT2D eigenvalue weighted by molar-refractivity contribution is -0.137. The van der Waals surface area contributed by atoms with Gasteiger partial charge in [0.1, 0.15) is 12.4 Å². The summed E-state index contributed by atoms with van der Waals surface area (Å²) in [6, 6.07) is 4.14. The molecule has 0 saturated carbocycles. The molecule has 6 heteroatoms. The van der Waals surface area contributed by atoms with E-state index in [1.165, 1.54) is 24.3 Å². The molecule has 0 unspecified atom stereocenters. The van der Waals surface area contributed by atoms with Crippen LogP contribution in [0.3, 0.4) is 0 Å². The monoisotopic (exact) mass is 257 g/mol. The molecule has 0 atom stereocenters. The van der Waals surface area contributed by atoms with Crippen LogP contribution in [0.5, 0.6) is 0 Å². The van der Waals surface area contributed by atoms with E-state index in [0.717, 1.165) is 6.08 Å². The fourth-order valence-corrected chi connectivity index (χ4v) is 1.28. The number of carboxylic acid groups (broad SMARTS) is 1. The maximum atomic E-state index is 13.3. The van der Waals surface area contributed by atoms with Gasteiger partial charge in [-0.1, -0.05) is 17.7 Å². The molecule has 90 valence electrons. The Morgan fingerprint density at radius 2 is 2.18 bits per heavy atom. The summed E-state index contributed by atoms with van der Waals surface area (Å²) in [6.07, 6.45) is 2.21. The van der Waals surface area contributed by atoms with Crippen LogP contribution in [0.1, 0.15) is 5.56 Å². The molecule has 0 heterocycles. The van der Waals surface area contributed by atoms with Gasteiger partial charge in [-0.25, -0.2) is 4.39 Å². The van der Waals surface area contributed by atoms with Crippen LogP contribution < -0.4 is 5.32 Å². The molecule has 1 rings (SSSR count). The molecule has 4 nitrogen and oxygen atoms in total. The van der Waals surface area contributed by atoms with Crippen molar-refractivity contribution >= 4 is 29.6 Å². The van der Waals surface area contributed by atoms with Crippen LogP contribution in [0.4, 0.5) is 4.39 Å². The summed E-state index contributed by atoms with van der Waals surface area (Å²) in [7, 11) is 0. The third-order valence-electron chi connectivity index (χ3n) is 1.81. The fraction of sp³-hybridized carbons (Fsp3) is 0.0909. The van der Waals surface area contributed by atoms with Crippen LogP contribution in [0, 0.1) is 5.82 Å². The van der Waals surface area contributed by atoms with Gasteiger partial charge in [-0.3, -0.25) is 9.59 Å². The highest BCUT2D eigenvalue weighted by Crippen LogP contribution is 2.19. The molecule has 1 aromatic rings. The number of rotatable bonds is 4. The third kappa shape index (κ3) is 4.24. The lowest BCUT2D eigenvalue weighted by Crippen LogP contribution is -2.27. The fourth-order valence-electron chi connectivity index (χ4n) is 1.05. The molecule has 0 radical (unpaired) electrons. The first kappa shape index (κ1) is 13.2. The van der Waals surface area contributed by atoms with Crippen LogP contribution in [-0.2, 0) is 9.59 Å². The number of nitrogens with one attached hydrogen (secondary N) is 1. The van der Waals surface area contributed by atoms with Crippen molar-refractivity contribution < 1.29 is 19.1 Å². The number of hydrogen-bond acceptors (Lipinski definition) is 2. The molecule has 0 spiro atoms. The average molecular weight is 258 g/mol. The lowest BCUT2D eigenvalue weighted by Gasteiger charge is -2.00. The van der Waals surface area contributed by atoms with Crippen molar-refractivity contribution in [2.75, 3.05) is 6.54 Å². The van der Waals surface area contributed by atoms with Crippen LogP contribution in [0.2, 0.25) is 5.02 Å².